The van der Waals surface area contributed by atoms with Gasteiger partial charge >= 0.3 is 0 Å². The molecule has 2 heterocycles. The molecule has 0 aliphatic carbocycles. The van der Waals surface area contributed by atoms with Crippen LogP contribution in [0, 0.1) is 0 Å². The van der Waals surface area contributed by atoms with Gasteiger partial charge in [0.1, 0.15) is 11.9 Å². The van der Waals surface area contributed by atoms with E-state index in [1.165, 1.54) is 6.20 Å². The summed E-state index contributed by atoms with van der Waals surface area (Å²) < 4.78 is 0. The number of anilines is 1. The number of carbonyl (C=O) groups is 2. The summed E-state index contributed by atoms with van der Waals surface area (Å²) in [5.41, 5.74) is 6.27. The van der Waals surface area contributed by atoms with Crippen LogP contribution in [0.4, 0.5) is 5.69 Å². The summed E-state index contributed by atoms with van der Waals surface area (Å²) in [5, 5.41) is 2.77. The summed E-state index contributed by atoms with van der Waals surface area (Å²) >= 11 is 0. The number of nitrogens with one attached hydrogen (secondary N) is 1. The minimum absolute atomic E-state index is 0.101. The predicted octanol–water partition coefficient (Wildman–Crippen LogP) is 0.533. The quantitative estimate of drug-likeness (QED) is 0.846. The summed E-state index contributed by atoms with van der Waals surface area (Å²) in [6, 6.07) is -0.469. The first-order chi connectivity index (χ1) is 9.95. The zero-order valence-corrected chi connectivity index (χ0v) is 12.6. The highest BCUT2D eigenvalue weighted by molar-refractivity contribution is 6.00. The molecule has 1 aliphatic rings. The molecule has 0 radical (unpaired) electrons. The molecule has 0 spiro atoms. The third-order valence-electron chi connectivity index (χ3n) is 3.53. The summed E-state index contributed by atoms with van der Waals surface area (Å²) in [6.45, 7) is 6.68. The van der Waals surface area contributed by atoms with Crippen LogP contribution in [0.2, 0.25) is 0 Å². The highest BCUT2D eigenvalue weighted by atomic mass is 16.2. The van der Waals surface area contributed by atoms with Gasteiger partial charge in [-0.15, -0.1) is 0 Å². The Kier molecular flexibility index (Phi) is 4.40. The number of nitrogen functional groups attached to an aromatic ring is 1. The molecule has 1 aromatic rings. The smallest absolute Gasteiger partial charge is 0.275 e. The highest BCUT2D eigenvalue weighted by Crippen LogP contribution is 2.18. The average molecular weight is 291 g/mol. The second-order valence-electron chi connectivity index (χ2n) is 5.40. The lowest BCUT2D eigenvalue weighted by Gasteiger charge is -2.34. The number of hydrogen-bond acceptors (Lipinski definition) is 5. The Balaban J connectivity index is 2.34. The monoisotopic (exact) mass is 291 g/mol. The van der Waals surface area contributed by atoms with Crippen molar-refractivity contribution in [2.24, 2.45) is 0 Å². The van der Waals surface area contributed by atoms with Gasteiger partial charge in [-0.1, -0.05) is 20.8 Å². The lowest BCUT2D eigenvalue weighted by Crippen LogP contribution is -2.57. The van der Waals surface area contributed by atoms with E-state index in [0.717, 1.165) is 0 Å². The van der Waals surface area contributed by atoms with E-state index in [9.17, 15) is 9.59 Å². The molecule has 7 nitrogen and oxygen atoms in total. The Morgan fingerprint density at radius 1 is 1.57 bits per heavy atom. The van der Waals surface area contributed by atoms with Crippen molar-refractivity contribution in [1.82, 2.24) is 20.2 Å². The van der Waals surface area contributed by atoms with Crippen molar-refractivity contribution in [2.45, 2.75) is 39.2 Å². The van der Waals surface area contributed by atoms with Crippen molar-refractivity contribution in [3.63, 3.8) is 0 Å². The highest BCUT2D eigenvalue weighted by Gasteiger charge is 2.33. The first-order valence-electron chi connectivity index (χ1n) is 7.16. The van der Waals surface area contributed by atoms with E-state index < -0.39 is 6.04 Å². The number of nitrogens with zero attached hydrogens (tertiary/aromatic N) is 3. The van der Waals surface area contributed by atoms with Gasteiger partial charge in [0.15, 0.2) is 5.69 Å². The van der Waals surface area contributed by atoms with Crippen LogP contribution < -0.4 is 11.1 Å². The van der Waals surface area contributed by atoms with Crippen LogP contribution >= 0.6 is 0 Å². The summed E-state index contributed by atoms with van der Waals surface area (Å²) in [7, 11) is 0. The van der Waals surface area contributed by atoms with Crippen LogP contribution in [0.5, 0.6) is 0 Å². The van der Waals surface area contributed by atoms with Gasteiger partial charge in [0, 0.05) is 19.0 Å². The number of hydrogen-bond donors (Lipinski definition) is 2. The van der Waals surface area contributed by atoms with Gasteiger partial charge in [0.05, 0.1) is 11.9 Å². The van der Waals surface area contributed by atoms with Gasteiger partial charge in [0.2, 0.25) is 5.91 Å². The molecule has 1 atom stereocenters. The Labute approximate surface area is 123 Å². The molecule has 0 bridgehead atoms. The molecule has 3 N–H and O–H groups in total. The molecule has 0 aromatic carbocycles. The Bertz CT molecular complexity index is 558. The van der Waals surface area contributed by atoms with Crippen LogP contribution in [0.1, 0.15) is 49.4 Å². The maximum atomic E-state index is 12.7. The Morgan fingerprint density at radius 2 is 2.29 bits per heavy atom. The van der Waals surface area contributed by atoms with Gasteiger partial charge in [-0.05, 0) is 6.42 Å². The van der Waals surface area contributed by atoms with E-state index >= 15 is 0 Å². The van der Waals surface area contributed by atoms with E-state index in [0.29, 0.717) is 25.3 Å². The van der Waals surface area contributed by atoms with E-state index in [-0.39, 0.29) is 29.1 Å². The minimum atomic E-state index is -0.469. The molecular weight excluding hydrogens is 270 g/mol. The zero-order valence-electron chi connectivity index (χ0n) is 12.6. The van der Waals surface area contributed by atoms with Gasteiger partial charge in [0.25, 0.3) is 5.91 Å². The second-order valence-corrected chi connectivity index (χ2v) is 5.40. The number of aromatic nitrogens is 2. The minimum Gasteiger partial charge on any atom is -0.396 e. The van der Waals surface area contributed by atoms with E-state index in [4.69, 9.17) is 5.73 Å². The molecule has 21 heavy (non-hydrogen) atoms. The average Bonchev–Trinajstić information content (AvgIpc) is 2.46. The Morgan fingerprint density at radius 3 is 2.90 bits per heavy atom. The van der Waals surface area contributed by atoms with Crippen LogP contribution in [-0.2, 0) is 4.79 Å². The molecular formula is C14H21N5O2. The molecule has 2 amide bonds. The van der Waals surface area contributed by atoms with Crippen molar-refractivity contribution >= 4 is 17.5 Å². The van der Waals surface area contributed by atoms with Crippen LogP contribution in [0.3, 0.4) is 0 Å². The molecule has 7 heteroatoms. The van der Waals surface area contributed by atoms with Gasteiger partial charge in [-0.3, -0.25) is 9.59 Å². The summed E-state index contributed by atoms with van der Waals surface area (Å²) in [5.74, 6) is 0.234. The fourth-order valence-corrected chi connectivity index (χ4v) is 2.35. The fraction of sp³-hybridized carbons (Fsp3) is 0.571. The summed E-state index contributed by atoms with van der Waals surface area (Å²) in [4.78, 5) is 34.5. The second kappa shape index (κ2) is 6.07. The lowest BCUT2D eigenvalue weighted by molar-refractivity contribution is -0.127. The molecule has 1 aliphatic heterocycles. The molecule has 1 aromatic heterocycles. The molecule has 1 saturated heterocycles. The van der Waals surface area contributed by atoms with Crippen LogP contribution in [0.15, 0.2) is 6.20 Å². The first-order valence-corrected chi connectivity index (χ1v) is 7.16. The standard InChI is InChI=1S/C14H21N5O2/c1-4-10-13(20)16-5-6-19(10)14(21)11-9(15)7-17-12(18-11)8(2)3/h7-8,10H,4-6,15H2,1-3H3,(H,16,20). The molecule has 2 rings (SSSR count). The third kappa shape index (κ3) is 2.96. The van der Waals surface area contributed by atoms with E-state index in [2.05, 4.69) is 15.3 Å². The fourth-order valence-electron chi connectivity index (χ4n) is 2.35. The van der Waals surface area contributed by atoms with Crippen molar-refractivity contribution in [3.8, 4) is 0 Å². The first kappa shape index (κ1) is 15.2. The van der Waals surface area contributed by atoms with Crippen LogP contribution in [-0.4, -0.2) is 45.8 Å². The molecule has 114 valence electrons. The van der Waals surface area contributed by atoms with Crippen molar-refractivity contribution in [2.75, 3.05) is 18.8 Å². The maximum absolute atomic E-state index is 12.7. The molecule has 1 fully saturated rings. The van der Waals surface area contributed by atoms with Gasteiger partial charge in [-0.25, -0.2) is 9.97 Å². The topological polar surface area (TPSA) is 101 Å². The summed E-state index contributed by atoms with van der Waals surface area (Å²) in [6.07, 6.45) is 2.01. The number of amides is 2. The van der Waals surface area contributed by atoms with Gasteiger partial charge in [-0.2, -0.15) is 0 Å². The van der Waals surface area contributed by atoms with Crippen molar-refractivity contribution in [1.29, 1.82) is 0 Å². The van der Waals surface area contributed by atoms with E-state index in [1.807, 2.05) is 20.8 Å². The Hall–Kier alpha value is -2.18. The predicted molar refractivity (Wildman–Crippen MR) is 78.7 cm³/mol. The largest absolute Gasteiger partial charge is 0.396 e. The molecule has 0 saturated carbocycles. The van der Waals surface area contributed by atoms with E-state index in [1.54, 1.807) is 4.90 Å². The zero-order chi connectivity index (χ0) is 15.6. The number of nitrogens with two attached hydrogens (primary N) is 1. The lowest BCUT2D eigenvalue weighted by atomic mass is 10.1. The normalized spacial score (nSPS) is 18.8. The van der Waals surface area contributed by atoms with Crippen molar-refractivity contribution < 1.29 is 9.59 Å². The SMILES string of the molecule is CCC1C(=O)NCCN1C(=O)c1nc(C(C)C)ncc1N. The van der Waals surface area contributed by atoms with Gasteiger partial charge < -0.3 is 16.0 Å². The number of rotatable bonds is 3. The van der Waals surface area contributed by atoms with Crippen molar-refractivity contribution in [3.05, 3.63) is 17.7 Å². The molecule has 1 unspecified atom stereocenters. The maximum Gasteiger partial charge on any atom is 0.275 e. The third-order valence-corrected chi connectivity index (χ3v) is 3.53. The number of carbonyl (C=O) groups excluding carboxylic acids is 2. The number of piperazine rings is 1. The van der Waals surface area contributed by atoms with Crippen LogP contribution in [0.25, 0.3) is 0 Å².